The number of rotatable bonds is 7. The molecule has 0 aliphatic carbocycles. The van der Waals surface area contributed by atoms with Crippen molar-refractivity contribution in [3.8, 4) is 22.5 Å². The van der Waals surface area contributed by atoms with E-state index in [1.807, 2.05) is 96.2 Å². The monoisotopic (exact) mass is 731 g/mol. The molecule has 0 bridgehead atoms. The van der Waals surface area contributed by atoms with E-state index in [1.165, 1.54) is 0 Å². The summed E-state index contributed by atoms with van der Waals surface area (Å²) < 4.78 is 2.12. The molecular formula is C40H35Cl2N7O3. The zero-order valence-corrected chi connectivity index (χ0v) is 29.6. The van der Waals surface area contributed by atoms with E-state index >= 15 is 0 Å². The second-order valence-corrected chi connectivity index (χ2v) is 14.4. The minimum absolute atomic E-state index is 0.00157. The molecule has 6 aromatic rings. The van der Waals surface area contributed by atoms with E-state index in [1.54, 1.807) is 0 Å². The van der Waals surface area contributed by atoms with Gasteiger partial charge >= 0.3 is 6.03 Å². The van der Waals surface area contributed by atoms with Crippen LogP contribution < -0.4 is 15.5 Å². The molecule has 3 aliphatic heterocycles. The van der Waals surface area contributed by atoms with E-state index in [0.29, 0.717) is 33.5 Å². The quantitative estimate of drug-likeness (QED) is 0.134. The molecule has 4 aromatic carbocycles. The standard InChI is InChI=1S/C40H35Cl2N7O3/c41-26-9-7-25(8-10-26)37-29-19-27(42)20-31-33(29)34(38-35(44-22-49(37)38)24-4-2-1-3-5-24)36(45-31)39(51)46-30-18-23(21-50)6-11-32(30)47-15-12-28(13-16-47)48-17-14-43-40(48)52/h1-11,18-20,22,28,37,45,50H,12-17,21H2,(H,43,52)(H,46,51)/t37-/m1/s1. The van der Waals surface area contributed by atoms with Gasteiger partial charge in [-0.1, -0.05) is 71.7 Å². The Balaban J connectivity index is 1.14. The number of aromatic amines is 1. The molecule has 2 fully saturated rings. The number of carbonyl (C=O) groups is 2. The van der Waals surface area contributed by atoms with Crippen LogP contribution in [0, 0.1) is 0 Å². The minimum atomic E-state index is -0.329. The second kappa shape index (κ2) is 13.0. The van der Waals surface area contributed by atoms with Crippen molar-refractivity contribution in [2.24, 2.45) is 0 Å². The number of aliphatic hydroxyl groups excluding tert-OH is 1. The Kier molecular flexibility index (Phi) is 8.18. The molecule has 3 aliphatic rings. The van der Waals surface area contributed by atoms with Gasteiger partial charge in [0.1, 0.15) is 5.69 Å². The number of aliphatic hydroxyl groups is 1. The van der Waals surface area contributed by atoms with Crippen molar-refractivity contribution in [3.05, 3.63) is 124 Å². The third-order valence-electron chi connectivity index (χ3n) is 10.6. The van der Waals surface area contributed by atoms with Crippen LogP contribution in [0.2, 0.25) is 10.0 Å². The Bertz CT molecular complexity index is 2350. The lowest BCUT2D eigenvalue weighted by Crippen LogP contribution is -2.46. The predicted octanol–water partition coefficient (Wildman–Crippen LogP) is 7.69. The van der Waals surface area contributed by atoms with E-state index < -0.39 is 0 Å². The van der Waals surface area contributed by atoms with Gasteiger partial charge in [-0.3, -0.25) is 4.79 Å². The van der Waals surface area contributed by atoms with Crippen LogP contribution in [-0.2, 0) is 6.61 Å². The number of carbonyl (C=O) groups excluding carboxylic acids is 2. The smallest absolute Gasteiger partial charge is 0.317 e. The van der Waals surface area contributed by atoms with Crippen molar-refractivity contribution in [3.63, 3.8) is 0 Å². The lowest BCUT2D eigenvalue weighted by molar-refractivity contribution is 0.102. The maximum absolute atomic E-state index is 14.7. The fourth-order valence-corrected chi connectivity index (χ4v) is 8.55. The van der Waals surface area contributed by atoms with Crippen LogP contribution in [-0.4, -0.2) is 68.7 Å². The number of amides is 3. The number of H-pyrrole nitrogens is 1. The molecule has 9 rings (SSSR count). The summed E-state index contributed by atoms with van der Waals surface area (Å²) in [6, 6.07) is 27.1. The lowest BCUT2D eigenvalue weighted by Gasteiger charge is -2.38. The summed E-state index contributed by atoms with van der Waals surface area (Å²) in [6.45, 7) is 2.68. The van der Waals surface area contributed by atoms with E-state index in [-0.39, 0.29) is 30.6 Å². The van der Waals surface area contributed by atoms with Crippen LogP contribution >= 0.6 is 23.2 Å². The number of halogens is 2. The van der Waals surface area contributed by atoms with Gasteiger partial charge in [0.05, 0.1) is 41.7 Å². The van der Waals surface area contributed by atoms with Gasteiger partial charge in [0.15, 0.2) is 0 Å². The SMILES string of the molecule is O=C(Nc1cc(CO)ccc1N1CCC(N2CCNC2=O)CC1)c1[nH]c2cc(Cl)cc3c2c1-c1c(-c2ccccc2)ncn1[C@@H]3c1ccc(Cl)cc1. The minimum Gasteiger partial charge on any atom is -0.392 e. The van der Waals surface area contributed by atoms with E-state index in [0.717, 1.165) is 82.7 Å². The number of aromatic nitrogens is 3. The van der Waals surface area contributed by atoms with E-state index in [9.17, 15) is 14.7 Å². The first-order valence-electron chi connectivity index (χ1n) is 17.5. The third-order valence-corrected chi connectivity index (χ3v) is 11.1. The van der Waals surface area contributed by atoms with Crippen molar-refractivity contribution >= 4 is 57.4 Å². The first kappa shape index (κ1) is 32.6. The zero-order valence-electron chi connectivity index (χ0n) is 28.1. The van der Waals surface area contributed by atoms with Crippen molar-refractivity contribution in [1.29, 1.82) is 0 Å². The number of hydrogen-bond acceptors (Lipinski definition) is 5. The molecule has 1 atom stereocenters. The molecular weight excluding hydrogens is 697 g/mol. The highest BCUT2D eigenvalue weighted by Crippen LogP contribution is 2.50. The first-order chi connectivity index (χ1) is 25.4. The number of nitrogens with one attached hydrogen (secondary N) is 3. The summed E-state index contributed by atoms with van der Waals surface area (Å²) in [4.78, 5) is 39.6. The molecule has 52 heavy (non-hydrogen) atoms. The Labute approximate surface area is 310 Å². The Morgan fingerprint density at radius 3 is 2.46 bits per heavy atom. The van der Waals surface area contributed by atoms with Crippen LogP contribution in [0.4, 0.5) is 16.2 Å². The van der Waals surface area contributed by atoms with Crippen molar-refractivity contribution < 1.29 is 14.7 Å². The van der Waals surface area contributed by atoms with Gasteiger partial charge in [0.2, 0.25) is 0 Å². The molecule has 0 unspecified atom stereocenters. The van der Waals surface area contributed by atoms with E-state index in [4.69, 9.17) is 28.2 Å². The van der Waals surface area contributed by atoms with Crippen molar-refractivity contribution in [1.82, 2.24) is 24.8 Å². The highest BCUT2D eigenvalue weighted by Gasteiger charge is 2.36. The van der Waals surface area contributed by atoms with Gasteiger partial charge in [-0.15, -0.1) is 0 Å². The highest BCUT2D eigenvalue weighted by atomic mass is 35.5. The maximum atomic E-state index is 14.7. The van der Waals surface area contributed by atoms with Crippen LogP contribution in [0.3, 0.4) is 0 Å². The number of piperidine rings is 1. The van der Waals surface area contributed by atoms with Crippen LogP contribution in [0.25, 0.3) is 33.4 Å². The van der Waals surface area contributed by atoms with Crippen LogP contribution in [0.1, 0.15) is 46.1 Å². The summed E-state index contributed by atoms with van der Waals surface area (Å²) in [7, 11) is 0. The lowest BCUT2D eigenvalue weighted by atomic mass is 9.88. The second-order valence-electron chi connectivity index (χ2n) is 13.6. The number of nitrogens with zero attached hydrogens (tertiary/aromatic N) is 4. The zero-order chi connectivity index (χ0) is 35.5. The highest BCUT2D eigenvalue weighted by molar-refractivity contribution is 6.32. The molecule has 262 valence electrons. The molecule has 4 N–H and O–H groups in total. The number of benzene rings is 4. The van der Waals surface area contributed by atoms with Gasteiger partial charge in [-0.2, -0.15) is 0 Å². The molecule has 12 heteroatoms. The fraction of sp³-hybridized carbons (Fsp3) is 0.225. The van der Waals surface area contributed by atoms with Crippen LogP contribution in [0.15, 0.2) is 91.3 Å². The maximum Gasteiger partial charge on any atom is 0.317 e. The molecule has 0 spiro atoms. The summed E-state index contributed by atoms with van der Waals surface area (Å²) in [5, 5.41) is 18.3. The average molecular weight is 733 g/mol. The predicted molar refractivity (Wildman–Crippen MR) is 204 cm³/mol. The molecule has 5 heterocycles. The van der Waals surface area contributed by atoms with Gasteiger partial charge in [0, 0.05) is 64.3 Å². The molecule has 0 saturated carbocycles. The van der Waals surface area contributed by atoms with Crippen molar-refractivity contribution in [2.75, 3.05) is 36.4 Å². The van der Waals surface area contributed by atoms with Crippen molar-refractivity contribution in [2.45, 2.75) is 31.5 Å². The van der Waals surface area contributed by atoms with Gasteiger partial charge in [-0.25, -0.2) is 9.78 Å². The third kappa shape index (κ3) is 5.49. The molecule has 3 amide bonds. The Morgan fingerprint density at radius 2 is 1.73 bits per heavy atom. The Hall–Kier alpha value is -5.29. The van der Waals surface area contributed by atoms with Gasteiger partial charge in [0.25, 0.3) is 5.91 Å². The van der Waals surface area contributed by atoms with Gasteiger partial charge < -0.3 is 35.1 Å². The number of urea groups is 1. The summed E-state index contributed by atoms with van der Waals surface area (Å²) in [5.74, 6) is -0.329. The Morgan fingerprint density at radius 1 is 0.942 bits per heavy atom. The topological polar surface area (TPSA) is 119 Å². The molecule has 10 nitrogen and oxygen atoms in total. The molecule has 2 saturated heterocycles. The molecule has 2 aromatic heterocycles. The summed E-state index contributed by atoms with van der Waals surface area (Å²) in [6.07, 6.45) is 3.47. The number of imidazole rings is 1. The van der Waals surface area contributed by atoms with Crippen LogP contribution in [0.5, 0.6) is 0 Å². The number of fused-ring (bicyclic) bond motifs is 2. The average Bonchev–Trinajstić information content (AvgIpc) is 3.90. The summed E-state index contributed by atoms with van der Waals surface area (Å²) in [5.41, 5.74) is 8.46. The number of hydrogen-bond donors (Lipinski definition) is 4. The normalized spacial score (nSPS) is 17.1. The van der Waals surface area contributed by atoms with E-state index in [2.05, 4.69) is 25.1 Å². The fourth-order valence-electron chi connectivity index (χ4n) is 8.19. The van der Waals surface area contributed by atoms with Gasteiger partial charge in [-0.05, 0) is 65.9 Å². The largest absolute Gasteiger partial charge is 0.392 e. The number of anilines is 2. The first-order valence-corrected chi connectivity index (χ1v) is 18.2. The summed E-state index contributed by atoms with van der Waals surface area (Å²) >= 11 is 13.1. The molecule has 0 radical (unpaired) electrons.